The van der Waals surface area contributed by atoms with Crippen LogP contribution in [0.5, 0.6) is 0 Å². The van der Waals surface area contributed by atoms with Crippen LogP contribution >= 0.6 is 11.3 Å². The zero-order valence-electron chi connectivity index (χ0n) is 14.3. The van der Waals surface area contributed by atoms with Gasteiger partial charge in [-0.05, 0) is 31.0 Å². The van der Waals surface area contributed by atoms with E-state index in [-0.39, 0.29) is 63.1 Å². The van der Waals surface area contributed by atoms with Gasteiger partial charge in [0.2, 0.25) is 0 Å². The maximum atomic E-state index is 12.5. The molecule has 2 aromatic rings. The number of nitrogens with zero attached hydrogens (tertiary/aromatic N) is 5. The van der Waals surface area contributed by atoms with E-state index in [4.69, 9.17) is 11.3 Å². The van der Waals surface area contributed by atoms with Crippen LogP contribution in [0.2, 0.25) is 0 Å². The molecular weight excluding hydrogens is 551 g/mol. The number of carbonyl (C=O) groups excluding carboxylic acids is 1. The molecule has 0 aliphatic carbocycles. The van der Waals surface area contributed by atoms with E-state index in [1.165, 1.54) is 11.3 Å². The monoisotopic (exact) mass is 570 g/mol. The SMILES string of the molecule is Cc1ccc(C(=O)N=c2scc(CN=[N+]=[N-])n2CCC[NH-])c(C)c1.[Ac]. The largest absolute Gasteiger partial charge is 0.677 e. The second-order valence-electron chi connectivity index (χ2n) is 5.39. The molecule has 25 heavy (non-hydrogen) atoms. The minimum Gasteiger partial charge on any atom is -0.677 e. The molecule has 0 bridgehead atoms. The number of azide groups is 1. The zero-order chi connectivity index (χ0) is 17.5. The van der Waals surface area contributed by atoms with Crippen LogP contribution < -0.4 is 4.80 Å². The van der Waals surface area contributed by atoms with Gasteiger partial charge in [-0.1, -0.05) is 29.2 Å². The molecule has 1 aromatic heterocycles. The maximum Gasteiger partial charge on any atom is 0.279 e. The van der Waals surface area contributed by atoms with Crippen LogP contribution in [0.25, 0.3) is 16.2 Å². The first-order valence-electron chi connectivity index (χ1n) is 7.55. The number of hydrogen-bond donors (Lipinski definition) is 0. The quantitative estimate of drug-likeness (QED) is 0.290. The molecule has 1 heterocycles. The average Bonchev–Trinajstić information content (AvgIpc) is 2.92. The van der Waals surface area contributed by atoms with E-state index in [1.54, 1.807) is 6.07 Å². The standard InChI is InChI=1S/C16H19N6OS.Ac/c1-11-4-5-14(12(2)8-11)15(23)20-16-22(7-3-6-17)13(10-24-16)9-19-21-18;/h4-5,8,10,17H,3,6-7,9H2,1-2H3;/q-1;. The van der Waals surface area contributed by atoms with Crippen molar-refractivity contribution in [3.8, 4) is 0 Å². The van der Waals surface area contributed by atoms with Crippen LogP contribution in [0, 0.1) is 57.9 Å². The van der Waals surface area contributed by atoms with Gasteiger partial charge in [-0.15, -0.1) is 17.9 Å². The summed E-state index contributed by atoms with van der Waals surface area (Å²) < 4.78 is 1.86. The molecule has 1 aromatic carbocycles. The van der Waals surface area contributed by atoms with Crippen LogP contribution in [0.4, 0.5) is 0 Å². The van der Waals surface area contributed by atoms with Crippen molar-refractivity contribution in [1.29, 1.82) is 0 Å². The number of hydrogen-bond acceptors (Lipinski definition) is 3. The Bertz CT molecular complexity index is 851. The predicted octanol–water partition coefficient (Wildman–Crippen LogP) is 4.16. The minimum absolute atomic E-state index is 0. The van der Waals surface area contributed by atoms with Crippen LogP contribution in [0.3, 0.4) is 0 Å². The van der Waals surface area contributed by atoms with Gasteiger partial charge in [-0.3, -0.25) is 4.79 Å². The molecule has 0 aliphatic heterocycles. The summed E-state index contributed by atoms with van der Waals surface area (Å²) >= 11 is 1.34. The Morgan fingerprint density at radius 1 is 1.40 bits per heavy atom. The van der Waals surface area contributed by atoms with Crippen molar-refractivity contribution >= 4 is 17.2 Å². The van der Waals surface area contributed by atoms with Crippen molar-refractivity contribution < 1.29 is 48.9 Å². The number of aromatic nitrogens is 1. The Hall–Kier alpha value is -0.968. The molecule has 0 unspecified atom stereocenters. The number of amides is 1. The van der Waals surface area contributed by atoms with Crippen LogP contribution in [0.1, 0.15) is 33.6 Å². The maximum absolute atomic E-state index is 12.5. The molecule has 9 heteroatoms. The number of rotatable bonds is 6. The predicted molar refractivity (Wildman–Crippen MR) is 94.8 cm³/mol. The van der Waals surface area contributed by atoms with Gasteiger partial charge in [0, 0.05) is 72.2 Å². The Morgan fingerprint density at radius 3 is 2.80 bits per heavy atom. The van der Waals surface area contributed by atoms with Gasteiger partial charge < -0.3 is 10.3 Å². The smallest absolute Gasteiger partial charge is 0.279 e. The van der Waals surface area contributed by atoms with E-state index in [2.05, 4.69) is 15.0 Å². The fourth-order valence-electron chi connectivity index (χ4n) is 2.36. The summed E-state index contributed by atoms with van der Waals surface area (Å²) in [5.74, 6) is -0.288. The molecule has 0 saturated heterocycles. The van der Waals surface area contributed by atoms with Crippen molar-refractivity contribution in [2.45, 2.75) is 33.4 Å². The first kappa shape index (κ1) is 22.1. The zero-order valence-corrected chi connectivity index (χ0v) is 19.8. The van der Waals surface area contributed by atoms with Gasteiger partial charge in [0.1, 0.15) is 0 Å². The van der Waals surface area contributed by atoms with Crippen molar-refractivity contribution in [2.24, 2.45) is 10.1 Å². The Balaban J connectivity index is 0.00000312. The summed E-state index contributed by atoms with van der Waals surface area (Å²) in [4.78, 5) is 20.1. The number of aryl methyl sites for hydroxylation is 2. The number of benzene rings is 1. The van der Waals surface area contributed by atoms with Crippen molar-refractivity contribution in [3.05, 3.63) is 66.9 Å². The number of thiazole rings is 1. The third kappa shape index (κ3) is 6.05. The summed E-state index contributed by atoms with van der Waals surface area (Å²) in [6.45, 7) is 4.94. The van der Waals surface area contributed by atoms with Crippen LogP contribution in [0.15, 0.2) is 33.7 Å². The molecule has 1 amide bonds. The van der Waals surface area contributed by atoms with Crippen LogP contribution in [-0.2, 0) is 13.1 Å². The molecular formula is C16H19AcN6OS-. The fourth-order valence-corrected chi connectivity index (χ4v) is 3.28. The van der Waals surface area contributed by atoms with E-state index in [1.807, 2.05) is 35.9 Å². The number of carbonyl (C=O) groups is 1. The summed E-state index contributed by atoms with van der Waals surface area (Å²) in [5.41, 5.74) is 19.2. The Labute approximate surface area is 186 Å². The third-order valence-electron chi connectivity index (χ3n) is 3.54. The fraction of sp³-hybridized carbons (Fsp3) is 0.375. The molecule has 0 aliphatic rings. The molecule has 1 radical (unpaired) electrons. The first-order valence-corrected chi connectivity index (χ1v) is 8.43. The Kier molecular flexibility index (Phi) is 9.62. The van der Waals surface area contributed by atoms with Crippen LogP contribution in [-0.4, -0.2) is 17.0 Å². The molecule has 129 valence electrons. The van der Waals surface area contributed by atoms with Crippen molar-refractivity contribution in [1.82, 2.24) is 4.57 Å². The molecule has 0 spiro atoms. The summed E-state index contributed by atoms with van der Waals surface area (Å²) in [7, 11) is 0. The average molecular weight is 570 g/mol. The topological polar surface area (TPSA) is 107 Å². The van der Waals surface area contributed by atoms with Gasteiger partial charge >= 0.3 is 0 Å². The second kappa shape index (κ2) is 10.9. The molecule has 0 fully saturated rings. The van der Waals surface area contributed by atoms with Gasteiger partial charge in [-0.25, -0.2) is 0 Å². The second-order valence-corrected chi connectivity index (χ2v) is 6.23. The molecule has 0 atom stereocenters. The molecule has 2 rings (SSSR count). The van der Waals surface area contributed by atoms with Gasteiger partial charge in [0.15, 0.2) is 4.80 Å². The van der Waals surface area contributed by atoms with Gasteiger partial charge in [0.05, 0.1) is 6.54 Å². The third-order valence-corrected chi connectivity index (χ3v) is 4.45. The van der Waals surface area contributed by atoms with E-state index < -0.39 is 0 Å². The van der Waals surface area contributed by atoms with Gasteiger partial charge in [0.25, 0.3) is 5.91 Å². The van der Waals surface area contributed by atoms with E-state index in [0.29, 0.717) is 23.3 Å². The van der Waals surface area contributed by atoms with Gasteiger partial charge in [-0.2, -0.15) is 4.99 Å². The van der Waals surface area contributed by atoms with Crippen molar-refractivity contribution in [2.75, 3.05) is 6.54 Å². The molecule has 0 saturated carbocycles. The molecule has 7 nitrogen and oxygen atoms in total. The number of nitrogens with one attached hydrogen (secondary N) is 1. The normalized spacial score (nSPS) is 10.9. The summed E-state index contributed by atoms with van der Waals surface area (Å²) in [5, 5.41) is 5.42. The summed E-state index contributed by atoms with van der Waals surface area (Å²) in [6.07, 6.45) is 0.644. The van der Waals surface area contributed by atoms with E-state index in [0.717, 1.165) is 16.8 Å². The summed E-state index contributed by atoms with van der Waals surface area (Å²) in [6, 6.07) is 5.64. The first-order chi connectivity index (χ1) is 11.6. The minimum atomic E-state index is -0.288. The molecule has 1 N–H and O–H groups in total. The Morgan fingerprint density at radius 2 is 2.16 bits per heavy atom. The van der Waals surface area contributed by atoms with E-state index in [9.17, 15) is 4.79 Å². The van der Waals surface area contributed by atoms with Crippen molar-refractivity contribution in [3.63, 3.8) is 0 Å². The van der Waals surface area contributed by atoms with E-state index >= 15 is 0 Å².